The van der Waals surface area contributed by atoms with E-state index < -0.39 is 4.92 Å². The molecule has 0 aliphatic carbocycles. The largest absolute Gasteiger partial charge is 0.469 e. The average molecular weight is 233 g/mol. The van der Waals surface area contributed by atoms with Gasteiger partial charge in [-0.05, 0) is 28.1 Å². The van der Waals surface area contributed by atoms with Crippen LogP contribution < -0.4 is 5.32 Å². The monoisotopic (exact) mass is 233 g/mol. The van der Waals surface area contributed by atoms with Crippen molar-refractivity contribution < 1.29 is 9.34 Å². The van der Waals surface area contributed by atoms with Gasteiger partial charge in [-0.25, -0.2) is 0 Å². The average Bonchev–Trinajstić information content (AvgIpc) is 2.83. The number of nitrogens with one attached hydrogen (secondary N) is 1. The molecule has 2 rings (SSSR count). The van der Waals surface area contributed by atoms with Crippen LogP contribution >= 0.6 is 0 Å². The molecule has 0 atom stereocenters. The number of nitrogens with zero attached hydrogens (tertiary/aromatic N) is 2. The lowest BCUT2D eigenvalue weighted by Crippen LogP contribution is -2.04. The van der Waals surface area contributed by atoms with Crippen molar-refractivity contribution in [2.24, 2.45) is 0 Å². The highest BCUT2D eigenvalue weighted by Gasteiger charge is 2.05. The molecule has 0 aliphatic rings. The smallest absolute Gasteiger partial charge is 0.363 e. The highest BCUT2D eigenvalue weighted by Crippen LogP contribution is 2.11. The highest BCUT2D eigenvalue weighted by molar-refractivity contribution is 5.43. The molecule has 2 heterocycles. The van der Waals surface area contributed by atoms with Crippen LogP contribution in [-0.2, 0) is 6.42 Å². The topological polar surface area (TPSA) is 81.2 Å². The van der Waals surface area contributed by atoms with E-state index in [4.69, 9.17) is 4.42 Å². The van der Waals surface area contributed by atoms with Gasteiger partial charge in [0.05, 0.1) is 12.0 Å². The van der Waals surface area contributed by atoms with Gasteiger partial charge < -0.3 is 19.8 Å². The molecule has 0 saturated heterocycles. The first kappa shape index (κ1) is 11.1. The van der Waals surface area contributed by atoms with E-state index in [1.807, 2.05) is 12.1 Å². The van der Waals surface area contributed by atoms with Crippen LogP contribution in [0.25, 0.3) is 0 Å². The van der Waals surface area contributed by atoms with Crippen LogP contribution in [0.15, 0.2) is 41.1 Å². The Morgan fingerprint density at radius 2 is 2.29 bits per heavy atom. The SMILES string of the molecule is O=[N+]([O-])c1ccc(NCCc2ccco2)cn1. The molecule has 6 heteroatoms. The van der Waals surface area contributed by atoms with E-state index >= 15 is 0 Å². The lowest BCUT2D eigenvalue weighted by molar-refractivity contribution is -0.389. The Hall–Kier alpha value is -2.37. The van der Waals surface area contributed by atoms with Crippen LogP contribution in [0.2, 0.25) is 0 Å². The third-order valence-corrected chi connectivity index (χ3v) is 2.22. The molecule has 2 aromatic rings. The molecule has 6 nitrogen and oxygen atoms in total. The number of aromatic nitrogens is 1. The summed E-state index contributed by atoms with van der Waals surface area (Å²) in [6.45, 7) is 0.688. The molecule has 1 N–H and O–H groups in total. The fourth-order valence-corrected chi connectivity index (χ4v) is 1.38. The maximum Gasteiger partial charge on any atom is 0.363 e. The van der Waals surface area contributed by atoms with Crippen molar-refractivity contribution in [3.63, 3.8) is 0 Å². The Labute approximate surface area is 97.4 Å². The summed E-state index contributed by atoms with van der Waals surface area (Å²) >= 11 is 0. The number of hydrogen-bond acceptors (Lipinski definition) is 5. The van der Waals surface area contributed by atoms with Gasteiger partial charge in [-0.1, -0.05) is 0 Å². The lowest BCUT2D eigenvalue weighted by atomic mass is 10.3. The Morgan fingerprint density at radius 3 is 2.88 bits per heavy atom. The summed E-state index contributed by atoms with van der Waals surface area (Å²) in [5, 5.41) is 13.5. The summed E-state index contributed by atoms with van der Waals surface area (Å²) in [6.07, 6.45) is 3.83. The Bertz CT molecular complexity index is 479. The number of furan rings is 1. The van der Waals surface area contributed by atoms with Gasteiger partial charge in [-0.15, -0.1) is 0 Å². The van der Waals surface area contributed by atoms with Crippen molar-refractivity contribution in [2.75, 3.05) is 11.9 Å². The summed E-state index contributed by atoms with van der Waals surface area (Å²) in [4.78, 5) is 13.6. The van der Waals surface area contributed by atoms with E-state index in [0.29, 0.717) is 6.54 Å². The molecule has 0 amide bonds. The molecule has 0 spiro atoms. The second-order valence-corrected chi connectivity index (χ2v) is 3.42. The van der Waals surface area contributed by atoms with Crippen molar-refractivity contribution >= 4 is 11.5 Å². The van der Waals surface area contributed by atoms with E-state index in [9.17, 15) is 10.1 Å². The highest BCUT2D eigenvalue weighted by atomic mass is 16.6. The van der Waals surface area contributed by atoms with Crippen molar-refractivity contribution in [3.8, 4) is 0 Å². The standard InChI is InChI=1S/C11H11N3O3/c15-14(16)11-4-3-9(8-13-11)12-6-5-10-2-1-7-17-10/h1-4,7-8,12H,5-6H2. The zero-order chi connectivity index (χ0) is 12.1. The van der Waals surface area contributed by atoms with Crippen molar-refractivity contribution in [2.45, 2.75) is 6.42 Å². The van der Waals surface area contributed by atoms with Crippen LogP contribution in [0.5, 0.6) is 0 Å². The zero-order valence-corrected chi connectivity index (χ0v) is 9.00. The predicted octanol–water partition coefficient (Wildman–Crippen LogP) is 2.24. The molecule has 17 heavy (non-hydrogen) atoms. The van der Waals surface area contributed by atoms with Crippen LogP contribution in [0.3, 0.4) is 0 Å². The number of pyridine rings is 1. The number of anilines is 1. The van der Waals surface area contributed by atoms with Crippen molar-refractivity contribution in [3.05, 3.63) is 52.6 Å². The fraction of sp³-hybridized carbons (Fsp3) is 0.182. The Kier molecular flexibility index (Phi) is 3.34. The molecule has 2 aromatic heterocycles. The van der Waals surface area contributed by atoms with Crippen LogP contribution in [0.1, 0.15) is 5.76 Å². The maximum absolute atomic E-state index is 10.4. The van der Waals surface area contributed by atoms with Crippen molar-refractivity contribution in [1.29, 1.82) is 0 Å². The molecule has 0 aromatic carbocycles. The van der Waals surface area contributed by atoms with Crippen LogP contribution in [0.4, 0.5) is 11.5 Å². The summed E-state index contributed by atoms with van der Waals surface area (Å²) in [6, 6.07) is 6.74. The Balaban J connectivity index is 1.85. The fourth-order valence-electron chi connectivity index (χ4n) is 1.38. The maximum atomic E-state index is 10.4. The normalized spacial score (nSPS) is 10.1. The summed E-state index contributed by atoms with van der Waals surface area (Å²) < 4.78 is 5.18. The molecular formula is C11H11N3O3. The zero-order valence-electron chi connectivity index (χ0n) is 9.00. The molecule has 0 radical (unpaired) electrons. The molecule has 0 unspecified atom stereocenters. The van der Waals surface area contributed by atoms with E-state index in [0.717, 1.165) is 17.9 Å². The quantitative estimate of drug-likeness (QED) is 0.632. The van der Waals surface area contributed by atoms with E-state index in [2.05, 4.69) is 10.3 Å². The number of nitro groups is 1. The summed E-state index contributed by atoms with van der Waals surface area (Å²) in [7, 11) is 0. The first-order valence-electron chi connectivity index (χ1n) is 5.12. The number of rotatable bonds is 5. The minimum absolute atomic E-state index is 0.151. The lowest BCUT2D eigenvalue weighted by Gasteiger charge is -2.02. The first-order chi connectivity index (χ1) is 8.25. The molecule has 88 valence electrons. The first-order valence-corrected chi connectivity index (χ1v) is 5.12. The second kappa shape index (κ2) is 5.11. The minimum Gasteiger partial charge on any atom is -0.469 e. The predicted molar refractivity (Wildman–Crippen MR) is 61.8 cm³/mol. The van der Waals surface area contributed by atoms with Gasteiger partial charge in [0.15, 0.2) is 6.20 Å². The van der Waals surface area contributed by atoms with Gasteiger partial charge in [0.1, 0.15) is 5.76 Å². The van der Waals surface area contributed by atoms with Crippen molar-refractivity contribution in [1.82, 2.24) is 4.98 Å². The van der Waals surface area contributed by atoms with Gasteiger partial charge in [0, 0.05) is 19.0 Å². The van der Waals surface area contributed by atoms with E-state index in [1.54, 1.807) is 12.3 Å². The number of hydrogen-bond donors (Lipinski definition) is 1. The molecular weight excluding hydrogens is 222 g/mol. The van der Waals surface area contributed by atoms with Gasteiger partial charge >= 0.3 is 5.82 Å². The van der Waals surface area contributed by atoms with Gasteiger partial charge in [0.25, 0.3) is 0 Å². The summed E-state index contributed by atoms with van der Waals surface area (Å²) in [5.41, 5.74) is 0.752. The third-order valence-electron chi connectivity index (χ3n) is 2.22. The molecule has 0 fully saturated rings. The van der Waals surface area contributed by atoms with Gasteiger partial charge in [-0.2, -0.15) is 0 Å². The van der Waals surface area contributed by atoms with Gasteiger partial charge in [-0.3, -0.25) is 0 Å². The third kappa shape index (κ3) is 3.04. The summed E-state index contributed by atoms with van der Waals surface area (Å²) in [5.74, 6) is 0.744. The van der Waals surface area contributed by atoms with E-state index in [1.165, 1.54) is 12.3 Å². The molecule has 0 aliphatic heterocycles. The second-order valence-electron chi connectivity index (χ2n) is 3.42. The van der Waals surface area contributed by atoms with Crippen LogP contribution in [-0.4, -0.2) is 16.5 Å². The minimum atomic E-state index is -0.521. The Morgan fingerprint density at radius 1 is 1.41 bits per heavy atom. The molecule has 0 bridgehead atoms. The van der Waals surface area contributed by atoms with Gasteiger partial charge in [0.2, 0.25) is 0 Å². The molecule has 0 saturated carbocycles. The van der Waals surface area contributed by atoms with Crippen LogP contribution in [0, 0.1) is 10.1 Å². The van der Waals surface area contributed by atoms with E-state index in [-0.39, 0.29) is 5.82 Å².